The molecule has 1 heterocycles. The van der Waals surface area contributed by atoms with Gasteiger partial charge in [-0.2, -0.15) is 13.2 Å². The molecule has 3 aromatic carbocycles. The van der Waals surface area contributed by atoms with Crippen LogP contribution in [0, 0.1) is 5.82 Å². The van der Waals surface area contributed by atoms with Crippen LogP contribution in [-0.4, -0.2) is 15.0 Å². The fraction of sp³-hybridized carbons (Fsp3) is 0.0476. The number of carbonyl (C=O) groups is 1. The zero-order valence-corrected chi connectivity index (χ0v) is 18.7. The number of rotatable bonds is 2. The van der Waals surface area contributed by atoms with Crippen LogP contribution in [0.15, 0.2) is 71.5 Å². The fourth-order valence-corrected chi connectivity index (χ4v) is 3.56. The average Bonchev–Trinajstić information content (AvgIpc) is 2.99. The second-order valence-corrected chi connectivity index (χ2v) is 6.77. The Morgan fingerprint density at radius 1 is 0.903 bits per heavy atom. The molecule has 0 radical (unpaired) electrons. The molecule has 0 spiro atoms. The minimum atomic E-state index is -4.87. The molecule has 0 amide bonds. The first-order valence-corrected chi connectivity index (χ1v) is 8.97. The number of nitrogens with zero attached hydrogens (tertiary/aromatic N) is 2. The molecule has 31 heavy (non-hydrogen) atoms. The summed E-state index contributed by atoms with van der Waals surface area (Å²) in [6.07, 6.45) is -4.87. The molecule has 0 unspecified atom stereocenters. The summed E-state index contributed by atoms with van der Waals surface area (Å²) in [5.74, 6) is -1.99. The number of imidazole rings is 1. The van der Waals surface area contributed by atoms with Gasteiger partial charge in [-0.3, -0.25) is 9.36 Å². The van der Waals surface area contributed by atoms with Crippen LogP contribution in [0.5, 0.6) is 0 Å². The van der Waals surface area contributed by atoms with Crippen molar-refractivity contribution in [3.63, 3.8) is 0 Å². The predicted molar refractivity (Wildman–Crippen MR) is 105 cm³/mol. The van der Waals surface area contributed by atoms with E-state index in [1.54, 1.807) is 6.07 Å². The van der Waals surface area contributed by atoms with Crippen molar-refractivity contribution in [1.82, 2.24) is 9.13 Å². The molecule has 0 N–H and O–H groups in total. The summed E-state index contributed by atoms with van der Waals surface area (Å²) in [4.78, 5) is 26.3. The first-order chi connectivity index (χ1) is 14.2. The van der Waals surface area contributed by atoms with Gasteiger partial charge in [-0.25, -0.2) is 13.8 Å². The number of hydrogen-bond acceptors (Lipinski definition) is 2. The first kappa shape index (κ1) is 23.3. The maximum Gasteiger partial charge on any atom is 1.00 e. The Balaban J connectivity index is 0.00000181. The summed E-state index contributed by atoms with van der Waals surface area (Å²) in [7, 11) is 0. The smallest absolute Gasteiger partial charge is 1.00 e. The average molecular weight is 459 g/mol. The van der Waals surface area contributed by atoms with Crippen molar-refractivity contribution in [2.75, 3.05) is 0 Å². The molecule has 0 aliphatic carbocycles. The topological polar surface area (TPSA) is 44.0 Å². The Labute approximate surface area is 201 Å². The summed E-state index contributed by atoms with van der Waals surface area (Å²) in [5, 5.41) is -0.454. The number of fused-ring (bicyclic) bond motifs is 1. The van der Waals surface area contributed by atoms with Gasteiger partial charge < -0.3 is 1.43 Å². The number of alkyl halides is 3. The van der Waals surface area contributed by atoms with Gasteiger partial charge in [-0.05, 0) is 36.4 Å². The van der Waals surface area contributed by atoms with E-state index < -0.39 is 39.7 Å². The zero-order valence-electron chi connectivity index (χ0n) is 17.0. The molecule has 4 nitrogen and oxygen atoms in total. The van der Waals surface area contributed by atoms with E-state index in [0.29, 0.717) is 10.6 Å². The van der Waals surface area contributed by atoms with Gasteiger partial charge in [0.1, 0.15) is 5.82 Å². The third-order valence-electron chi connectivity index (χ3n) is 4.58. The molecule has 154 valence electrons. The van der Waals surface area contributed by atoms with Crippen molar-refractivity contribution in [3.05, 3.63) is 99.2 Å². The van der Waals surface area contributed by atoms with Crippen molar-refractivity contribution < 1.29 is 53.3 Å². The van der Waals surface area contributed by atoms with E-state index in [1.807, 2.05) is 0 Å². The summed E-state index contributed by atoms with van der Waals surface area (Å²) in [5.41, 5.74) is -3.11. The molecule has 0 aliphatic heterocycles. The molecule has 4 rings (SSSR count). The molecule has 0 saturated heterocycles. The second kappa shape index (κ2) is 8.63. The maximum atomic E-state index is 14.4. The van der Waals surface area contributed by atoms with E-state index in [0.717, 1.165) is 22.8 Å². The number of benzene rings is 3. The number of carbonyl (C=O) groups excluding carboxylic acids is 1. The van der Waals surface area contributed by atoms with Crippen molar-refractivity contribution in [2.24, 2.45) is 0 Å². The van der Waals surface area contributed by atoms with E-state index in [4.69, 9.17) is 11.6 Å². The number of halogens is 5. The van der Waals surface area contributed by atoms with E-state index in [9.17, 15) is 27.2 Å². The predicted octanol–water partition coefficient (Wildman–Crippen LogP) is 2.41. The Morgan fingerprint density at radius 3 is 2.16 bits per heavy atom. The molecule has 0 aliphatic rings. The molecule has 0 saturated carbocycles. The number of hydrogen-bond donors (Lipinski definition) is 0. The summed E-state index contributed by atoms with van der Waals surface area (Å²) >= 11 is 5.93. The first-order valence-electron chi connectivity index (χ1n) is 8.59. The summed E-state index contributed by atoms with van der Waals surface area (Å²) in [6.45, 7) is 0. The third kappa shape index (κ3) is 3.96. The Bertz CT molecular complexity index is 1370. The molecule has 10 heteroatoms. The molecular formula is C21H12ClF4N2NaO2. The van der Waals surface area contributed by atoms with E-state index >= 15 is 0 Å². The maximum absolute atomic E-state index is 14.4. The second-order valence-electron chi connectivity index (χ2n) is 6.36. The SMILES string of the molecule is O=C(c1c(Cl)cccc1C(F)(F)F)n1c(=O)n(-c2ccccc2F)c2ccccc21.[H-].[Na+]. The minimum Gasteiger partial charge on any atom is -1.00 e. The molecule has 4 aromatic rings. The van der Waals surface area contributed by atoms with Gasteiger partial charge in [0.15, 0.2) is 0 Å². The largest absolute Gasteiger partial charge is 1.00 e. The minimum absolute atomic E-state index is 0. The number of aromatic nitrogens is 2. The molecular weight excluding hydrogens is 447 g/mol. The van der Waals surface area contributed by atoms with Crippen molar-refractivity contribution in [2.45, 2.75) is 6.18 Å². The standard InChI is InChI=1S/C21H11ClF4N2O2.Na.H/c22-13-7-5-6-12(21(24,25)26)18(13)19(29)28-17-11-4-3-10-16(17)27(20(28)30)15-9-2-1-8-14(15)23;;/h1-11H;;/q;+1;-1. The molecule has 1 aromatic heterocycles. The van der Waals surface area contributed by atoms with Crippen LogP contribution >= 0.6 is 11.6 Å². The molecule has 0 fully saturated rings. The van der Waals surface area contributed by atoms with Gasteiger partial charge in [0.25, 0.3) is 5.91 Å². The van der Waals surface area contributed by atoms with Crippen molar-refractivity contribution >= 4 is 28.5 Å². The van der Waals surface area contributed by atoms with Gasteiger partial charge in [-0.15, -0.1) is 0 Å². The van der Waals surface area contributed by atoms with Gasteiger partial charge in [0.2, 0.25) is 0 Å². The van der Waals surface area contributed by atoms with Crippen LogP contribution in [0.3, 0.4) is 0 Å². The van der Waals surface area contributed by atoms with Crippen LogP contribution < -0.4 is 35.2 Å². The van der Waals surface area contributed by atoms with Crippen LogP contribution in [0.4, 0.5) is 17.6 Å². The Hall–Kier alpha value is -2.39. The van der Waals surface area contributed by atoms with Gasteiger partial charge >= 0.3 is 41.4 Å². The van der Waals surface area contributed by atoms with Crippen LogP contribution in [0.1, 0.15) is 17.3 Å². The van der Waals surface area contributed by atoms with Crippen molar-refractivity contribution in [1.29, 1.82) is 0 Å². The molecule has 0 bridgehead atoms. The zero-order chi connectivity index (χ0) is 21.6. The van der Waals surface area contributed by atoms with Crippen LogP contribution in [0.2, 0.25) is 5.02 Å². The van der Waals surface area contributed by atoms with E-state index in [2.05, 4.69) is 0 Å². The van der Waals surface area contributed by atoms with Crippen molar-refractivity contribution in [3.8, 4) is 5.69 Å². The Kier molecular flexibility index (Phi) is 6.48. The van der Waals surface area contributed by atoms with E-state index in [-0.39, 0.29) is 47.7 Å². The fourth-order valence-electron chi connectivity index (χ4n) is 3.30. The van der Waals surface area contributed by atoms with Crippen LogP contribution in [-0.2, 0) is 6.18 Å². The van der Waals surface area contributed by atoms with E-state index in [1.165, 1.54) is 36.4 Å². The quantitative estimate of drug-likeness (QED) is 0.342. The van der Waals surface area contributed by atoms with Gasteiger partial charge in [0, 0.05) is 0 Å². The summed E-state index contributed by atoms with van der Waals surface area (Å²) in [6, 6.07) is 14.2. The third-order valence-corrected chi connectivity index (χ3v) is 4.89. The van der Waals surface area contributed by atoms with Gasteiger partial charge in [0.05, 0.1) is 32.9 Å². The van der Waals surface area contributed by atoms with Gasteiger partial charge in [-0.1, -0.05) is 41.9 Å². The number of para-hydroxylation sites is 3. The monoisotopic (exact) mass is 458 g/mol. The molecule has 0 atom stereocenters. The Morgan fingerprint density at radius 2 is 1.52 bits per heavy atom. The summed E-state index contributed by atoms with van der Waals surface area (Å²) < 4.78 is 56.3. The normalized spacial score (nSPS) is 11.4. The van der Waals surface area contributed by atoms with Crippen LogP contribution in [0.25, 0.3) is 16.7 Å².